The van der Waals surface area contributed by atoms with Gasteiger partial charge in [-0.25, -0.2) is 0 Å². The molecule has 0 spiro atoms. The molecule has 0 bridgehead atoms. The Morgan fingerprint density at radius 1 is 1.22 bits per heavy atom. The molecule has 2 N–H and O–H groups in total. The van der Waals surface area contributed by atoms with E-state index in [1.165, 1.54) is 0 Å². The van der Waals surface area contributed by atoms with Crippen LogP contribution in [-0.4, -0.2) is 74.6 Å². The summed E-state index contributed by atoms with van der Waals surface area (Å²) in [5, 5.41) is 25.0. The third-order valence-electron chi connectivity index (χ3n) is 8.07. The van der Waals surface area contributed by atoms with Gasteiger partial charge in [-0.05, 0) is 65.0 Å². The lowest BCUT2D eigenvalue weighted by Gasteiger charge is -2.45. The van der Waals surface area contributed by atoms with Crippen LogP contribution in [0.2, 0.25) is 5.02 Å². The van der Waals surface area contributed by atoms with E-state index < -0.39 is 0 Å². The van der Waals surface area contributed by atoms with Gasteiger partial charge in [-0.3, -0.25) is 14.7 Å². The molecule has 1 unspecified atom stereocenters. The summed E-state index contributed by atoms with van der Waals surface area (Å²) in [5.41, 5.74) is 4.91. The molecule has 2 saturated heterocycles. The van der Waals surface area contributed by atoms with Crippen molar-refractivity contribution < 1.29 is 9.84 Å². The van der Waals surface area contributed by atoms with Crippen molar-refractivity contribution >= 4 is 28.3 Å². The number of likely N-dealkylation sites (tertiary alicyclic amines) is 1. The van der Waals surface area contributed by atoms with Crippen LogP contribution >= 0.6 is 11.6 Å². The number of nitrogens with one attached hydrogen (secondary N) is 1. The summed E-state index contributed by atoms with van der Waals surface area (Å²) in [6.45, 7) is 16.2. The Labute approximate surface area is 224 Å². The first-order valence-electron chi connectivity index (χ1n) is 13.3. The van der Waals surface area contributed by atoms with E-state index >= 15 is 0 Å². The lowest BCUT2D eigenvalue weighted by molar-refractivity contribution is 0.0234. The number of aromatic amines is 1. The molecule has 9 heteroatoms. The largest absolute Gasteiger partial charge is 0.393 e. The van der Waals surface area contributed by atoms with Crippen LogP contribution in [0.5, 0.6) is 0 Å². The first kappa shape index (κ1) is 26.2. The second-order valence-electron chi connectivity index (χ2n) is 11.2. The van der Waals surface area contributed by atoms with Crippen molar-refractivity contribution in [2.75, 3.05) is 37.9 Å². The van der Waals surface area contributed by atoms with Crippen LogP contribution in [0, 0.1) is 13.8 Å². The van der Waals surface area contributed by atoms with Crippen LogP contribution in [0.4, 0.5) is 5.82 Å². The average Bonchev–Trinajstić information content (AvgIpc) is 3.44. The van der Waals surface area contributed by atoms with Crippen LogP contribution in [0.3, 0.4) is 0 Å². The van der Waals surface area contributed by atoms with E-state index in [0.717, 1.165) is 83.0 Å². The SMILES string of the molecule is C=CCOCN1CCC(n2nc(N3CCC(O)CC3(C)C)c(-c3c(Cl)c(C)cc4[nH]ncc34)c2C)CC1. The lowest BCUT2D eigenvalue weighted by atomic mass is 9.87. The molecule has 0 aliphatic carbocycles. The monoisotopic (exact) mass is 526 g/mol. The molecule has 1 aromatic carbocycles. The standard InChI is InChI=1S/C28H39ClN6O2/c1-6-13-37-17-33-10-7-20(8-11-33)35-19(3)24(25-22-16-30-31-23(22)14-18(2)26(25)29)27(32-35)34-12-9-21(36)15-28(34,4)5/h6,14,16,20-21,36H,1,7-13,15,17H2,2-5H3,(H,30,31). The van der Waals surface area contributed by atoms with E-state index in [-0.39, 0.29) is 11.6 Å². The van der Waals surface area contributed by atoms with Gasteiger partial charge in [0.25, 0.3) is 0 Å². The van der Waals surface area contributed by atoms with Gasteiger partial charge in [0.1, 0.15) is 0 Å². The van der Waals surface area contributed by atoms with Crippen molar-refractivity contribution in [1.82, 2.24) is 24.9 Å². The highest BCUT2D eigenvalue weighted by Crippen LogP contribution is 2.46. The summed E-state index contributed by atoms with van der Waals surface area (Å²) in [4.78, 5) is 4.73. The fourth-order valence-corrected chi connectivity index (χ4v) is 6.36. The van der Waals surface area contributed by atoms with Gasteiger partial charge < -0.3 is 14.7 Å². The van der Waals surface area contributed by atoms with E-state index in [1.54, 1.807) is 6.08 Å². The van der Waals surface area contributed by atoms with Crippen molar-refractivity contribution in [1.29, 1.82) is 0 Å². The minimum absolute atomic E-state index is 0.240. The molecule has 8 nitrogen and oxygen atoms in total. The predicted molar refractivity (Wildman–Crippen MR) is 149 cm³/mol. The van der Waals surface area contributed by atoms with Gasteiger partial charge in [0.15, 0.2) is 5.82 Å². The molecule has 0 radical (unpaired) electrons. The average molecular weight is 527 g/mol. The summed E-state index contributed by atoms with van der Waals surface area (Å²) in [6.07, 6.45) is 6.78. The Balaban J connectivity index is 1.59. The summed E-state index contributed by atoms with van der Waals surface area (Å²) in [6, 6.07) is 2.35. The molecule has 2 aliphatic heterocycles. The molecule has 0 amide bonds. The van der Waals surface area contributed by atoms with Crippen molar-refractivity contribution in [2.24, 2.45) is 0 Å². The van der Waals surface area contributed by atoms with E-state index in [2.05, 4.69) is 58.1 Å². The summed E-state index contributed by atoms with van der Waals surface area (Å²) in [7, 11) is 0. The Kier molecular flexibility index (Phi) is 7.38. The summed E-state index contributed by atoms with van der Waals surface area (Å²) < 4.78 is 7.91. The molecule has 1 atom stereocenters. The number of hydrogen-bond donors (Lipinski definition) is 2. The fraction of sp³-hybridized carbons (Fsp3) is 0.571. The minimum Gasteiger partial charge on any atom is -0.393 e. The smallest absolute Gasteiger partial charge is 0.159 e. The normalized spacial score (nSPS) is 21.1. The van der Waals surface area contributed by atoms with E-state index in [1.807, 2.05) is 13.1 Å². The number of aryl methyl sites for hydroxylation is 1. The van der Waals surface area contributed by atoms with Gasteiger partial charge in [0.2, 0.25) is 0 Å². The molecule has 5 rings (SSSR count). The number of aliphatic hydroxyl groups is 1. The van der Waals surface area contributed by atoms with Gasteiger partial charge in [-0.15, -0.1) is 6.58 Å². The number of piperidine rings is 2. The number of benzene rings is 1. The highest BCUT2D eigenvalue weighted by Gasteiger charge is 2.39. The molecule has 0 saturated carbocycles. The molecule has 2 aliphatic rings. The maximum atomic E-state index is 10.4. The zero-order chi connectivity index (χ0) is 26.3. The van der Waals surface area contributed by atoms with Crippen LogP contribution in [0.25, 0.3) is 22.0 Å². The number of aromatic nitrogens is 4. The predicted octanol–water partition coefficient (Wildman–Crippen LogP) is 5.23. The number of hydrogen-bond acceptors (Lipinski definition) is 6. The van der Waals surface area contributed by atoms with Crippen molar-refractivity contribution in [3.05, 3.63) is 41.2 Å². The lowest BCUT2D eigenvalue weighted by Crippen LogP contribution is -2.52. The molecule has 37 heavy (non-hydrogen) atoms. The zero-order valence-corrected chi connectivity index (χ0v) is 23.2. The number of anilines is 1. The molecule has 4 heterocycles. The highest BCUT2D eigenvalue weighted by molar-refractivity contribution is 6.36. The molecule has 2 aromatic heterocycles. The van der Waals surface area contributed by atoms with E-state index in [9.17, 15) is 5.11 Å². The Morgan fingerprint density at radius 2 is 1.97 bits per heavy atom. The van der Waals surface area contributed by atoms with Crippen LogP contribution in [0.1, 0.15) is 56.8 Å². The third-order valence-corrected chi connectivity index (χ3v) is 8.55. The maximum Gasteiger partial charge on any atom is 0.159 e. The molecule has 3 aromatic rings. The van der Waals surface area contributed by atoms with Crippen molar-refractivity contribution in [3.63, 3.8) is 0 Å². The third kappa shape index (κ3) is 4.92. The fourth-order valence-electron chi connectivity index (χ4n) is 6.11. The van der Waals surface area contributed by atoms with Gasteiger partial charge in [-0.1, -0.05) is 17.7 Å². The number of ether oxygens (including phenoxy) is 1. The Morgan fingerprint density at radius 3 is 2.68 bits per heavy atom. The number of rotatable bonds is 7. The second kappa shape index (κ2) is 10.4. The maximum absolute atomic E-state index is 10.4. The molecule has 2 fully saturated rings. The van der Waals surface area contributed by atoms with Gasteiger partial charge in [0, 0.05) is 47.4 Å². The zero-order valence-electron chi connectivity index (χ0n) is 22.4. The molecular weight excluding hydrogens is 488 g/mol. The van der Waals surface area contributed by atoms with Gasteiger partial charge >= 0.3 is 0 Å². The van der Waals surface area contributed by atoms with Crippen LogP contribution in [-0.2, 0) is 4.74 Å². The van der Waals surface area contributed by atoms with Crippen molar-refractivity contribution in [3.8, 4) is 11.1 Å². The minimum atomic E-state index is -0.298. The molecular formula is C28H39ClN6O2. The summed E-state index contributed by atoms with van der Waals surface area (Å²) in [5.74, 6) is 0.946. The number of aliphatic hydroxyl groups excluding tert-OH is 1. The first-order valence-corrected chi connectivity index (χ1v) is 13.7. The topological polar surface area (TPSA) is 82.4 Å². The number of fused-ring (bicyclic) bond motifs is 1. The van der Waals surface area contributed by atoms with Crippen LogP contribution < -0.4 is 4.90 Å². The molecule has 200 valence electrons. The van der Waals surface area contributed by atoms with E-state index in [4.69, 9.17) is 21.4 Å². The Hall–Kier alpha value is -2.39. The number of nitrogens with zero attached hydrogens (tertiary/aromatic N) is 5. The van der Waals surface area contributed by atoms with Crippen LogP contribution in [0.15, 0.2) is 24.9 Å². The Bertz CT molecular complexity index is 1270. The highest BCUT2D eigenvalue weighted by atomic mass is 35.5. The van der Waals surface area contributed by atoms with Gasteiger partial charge in [0.05, 0.1) is 42.2 Å². The number of H-pyrrole nitrogens is 1. The summed E-state index contributed by atoms with van der Waals surface area (Å²) >= 11 is 7.05. The first-order chi connectivity index (χ1) is 17.7. The quantitative estimate of drug-likeness (QED) is 0.324. The van der Waals surface area contributed by atoms with Gasteiger partial charge in [-0.2, -0.15) is 10.2 Å². The van der Waals surface area contributed by atoms with Crippen molar-refractivity contribution in [2.45, 2.75) is 71.1 Å². The second-order valence-corrected chi connectivity index (χ2v) is 11.6. The number of halogens is 1. The van der Waals surface area contributed by atoms with E-state index in [0.29, 0.717) is 25.8 Å².